The van der Waals surface area contributed by atoms with E-state index in [-0.39, 0.29) is 11.9 Å². The number of amides is 1. The third-order valence-electron chi connectivity index (χ3n) is 4.80. The molecule has 5 heteroatoms. The topological polar surface area (TPSA) is 45.7 Å². The number of anilines is 1. The lowest BCUT2D eigenvalue weighted by Crippen LogP contribution is -2.40. The predicted octanol–water partition coefficient (Wildman–Crippen LogP) is 3.14. The average molecular weight is 339 g/mol. The third-order valence-corrected chi connectivity index (χ3v) is 4.80. The highest BCUT2D eigenvalue weighted by molar-refractivity contribution is 5.94. The molecule has 0 N–H and O–H groups in total. The van der Waals surface area contributed by atoms with Gasteiger partial charge in [-0.15, -0.1) is 0 Å². The van der Waals surface area contributed by atoms with Gasteiger partial charge in [-0.25, -0.2) is 0 Å². The number of ether oxygens (including phenoxy) is 1. The number of rotatable bonds is 3. The molecule has 1 aromatic carbocycles. The monoisotopic (exact) mass is 339 g/mol. The fourth-order valence-electron chi connectivity index (χ4n) is 3.25. The van der Waals surface area contributed by atoms with E-state index < -0.39 is 0 Å². The Labute approximate surface area is 149 Å². The number of carbonyl (C=O) groups is 1. The van der Waals surface area contributed by atoms with Crippen LogP contribution in [0.1, 0.15) is 29.4 Å². The molecule has 1 aliphatic heterocycles. The van der Waals surface area contributed by atoms with Crippen molar-refractivity contribution >= 4 is 11.6 Å². The van der Waals surface area contributed by atoms with Crippen LogP contribution >= 0.6 is 0 Å². The Balaban J connectivity index is 1.77. The Kier molecular flexibility index (Phi) is 5.22. The lowest BCUT2D eigenvalue weighted by molar-refractivity contribution is 0.0705. The van der Waals surface area contributed by atoms with Gasteiger partial charge in [0, 0.05) is 37.6 Å². The van der Waals surface area contributed by atoms with Gasteiger partial charge >= 0.3 is 0 Å². The summed E-state index contributed by atoms with van der Waals surface area (Å²) in [4.78, 5) is 21.4. The normalized spacial score (nSPS) is 18.0. The van der Waals surface area contributed by atoms with Crippen molar-refractivity contribution in [2.75, 3.05) is 31.6 Å². The Hall–Kier alpha value is -2.56. The minimum atomic E-state index is 0.0573. The third kappa shape index (κ3) is 3.76. The van der Waals surface area contributed by atoms with Gasteiger partial charge in [-0.05, 0) is 44.5 Å². The van der Waals surface area contributed by atoms with Crippen LogP contribution in [0.15, 0.2) is 42.6 Å². The van der Waals surface area contributed by atoms with Gasteiger partial charge < -0.3 is 14.5 Å². The molecule has 0 spiro atoms. The number of methoxy groups -OCH3 is 1. The number of aryl methyl sites for hydroxylation is 1. The molecule has 2 heterocycles. The van der Waals surface area contributed by atoms with Crippen LogP contribution < -0.4 is 9.64 Å². The maximum atomic E-state index is 12.9. The second-order valence-electron chi connectivity index (χ2n) is 6.48. The molecular formula is C20H25N3O2. The smallest absolute Gasteiger partial charge is 0.255 e. The zero-order chi connectivity index (χ0) is 17.8. The van der Waals surface area contributed by atoms with E-state index in [1.54, 1.807) is 13.3 Å². The van der Waals surface area contributed by atoms with Gasteiger partial charge in [0.2, 0.25) is 0 Å². The van der Waals surface area contributed by atoms with Crippen LogP contribution in [0.25, 0.3) is 0 Å². The van der Waals surface area contributed by atoms with Crippen molar-refractivity contribution in [1.29, 1.82) is 0 Å². The SMILES string of the molecule is COc1ccccc1N1CC[C@@H](C)N(C(=O)c2ccc(C)nc2)CC1. The summed E-state index contributed by atoms with van der Waals surface area (Å²) in [7, 11) is 1.69. The maximum absolute atomic E-state index is 12.9. The molecule has 0 bridgehead atoms. The summed E-state index contributed by atoms with van der Waals surface area (Å²) in [5.74, 6) is 0.930. The van der Waals surface area contributed by atoms with Crippen molar-refractivity contribution < 1.29 is 9.53 Å². The van der Waals surface area contributed by atoms with E-state index in [0.717, 1.165) is 36.6 Å². The number of hydrogen-bond acceptors (Lipinski definition) is 4. The van der Waals surface area contributed by atoms with Gasteiger partial charge in [0.15, 0.2) is 0 Å². The van der Waals surface area contributed by atoms with Crippen molar-refractivity contribution in [1.82, 2.24) is 9.88 Å². The highest BCUT2D eigenvalue weighted by Crippen LogP contribution is 2.29. The summed E-state index contributed by atoms with van der Waals surface area (Å²) in [5, 5.41) is 0. The molecule has 0 aliphatic carbocycles. The van der Waals surface area contributed by atoms with E-state index >= 15 is 0 Å². The van der Waals surface area contributed by atoms with E-state index in [1.165, 1.54) is 0 Å². The largest absolute Gasteiger partial charge is 0.495 e. The number of nitrogens with zero attached hydrogens (tertiary/aromatic N) is 3. The quantitative estimate of drug-likeness (QED) is 0.862. The van der Waals surface area contributed by atoms with Crippen LogP contribution in [0.5, 0.6) is 5.75 Å². The molecule has 0 unspecified atom stereocenters. The molecule has 1 atom stereocenters. The van der Waals surface area contributed by atoms with Gasteiger partial charge in [-0.2, -0.15) is 0 Å². The number of benzene rings is 1. The molecule has 2 aromatic rings. The lowest BCUT2D eigenvalue weighted by Gasteiger charge is -2.27. The Bertz CT molecular complexity index is 730. The Morgan fingerprint density at radius 1 is 1.16 bits per heavy atom. The molecule has 1 aliphatic rings. The number of aromatic nitrogens is 1. The standard InChI is InChI=1S/C20H25N3O2/c1-15-8-9-17(14-21-15)20(24)23-13-12-22(11-10-16(23)2)18-6-4-5-7-19(18)25-3/h4-9,14,16H,10-13H2,1-3H3/t16-/m1/s1. The van der Waals surface area contributed by atoms with Gasteiger partial charge in [0.25, 0.3) is 5.91 Å². The number of carbonyl (C=O) groups excluding carboxylic acids is 1. The minimum Gasteiger partial charge on any atom is -0.495 e. The molecule has 1 saturated heterocycles. The molecule has 5 nitrogen and oxygen atoms in total. The van der Waals surface area contributed by atoms with Gasteiger partial charge in [-0.1, -0.05) is 12.1 Å². The first-order valence-electron chi connectivity index (χ1n) is 8.71. The van der Waals surface area contributed by atoms with Gasteiger partial charge in [0.05, 0.1) is 18.4 Å². The fraction of sp³-hybridized carbons (Fsp3) is 0.400. The van der Waals surface area contributed by atoms with E-state index in [9.17, 15) is 4.79 Å². The van der Waals surface area contributed by atoms with Crippen molar-refractivity contribution in [3.63, 3.8) is 0 Å². The number of pyridine rings is 1. The Morgan fingerprint density at radius 2 is 1.96 bits per heavy atom. The van der Waals surface area contributed by atoms with E-state index in [1.807, 2.05) is 42.2 Å². The van der Waals surface area contributed by atoms with E-state index in [0.29, 0.717) is 12.1 Å². The molecule has 3 rings (SSSR count). The molecule has 1 aromatic heterocycles. The molecular weight excluding hydrogens is 314 g/mol. The van der Waals surface area contributed by atoms with Crippen molar-refractivity contribution in [2.45, 2.75) is 26.3 Å². The second kappa shape index (κ2) is 7.55. The lowest BCUT2D eigenvalue weighted by atomic mass is 10.1. The fourth-order valence-corrected chi connectivity index (χ4v) is 3.25. The highest BCUT2D eigenvalue weighted by Gasteiger charge is 2.26. The summed E-state index contributed by atoms with van der Waals surface area (Å²) >= 11 is 0. The van der Waals surface area contributed by atoms with E-state index in [4.69, 9.17) is 4.74 Å². The van der Waals surface area contributed by atoms with E-state index in [2.05, 4.69) is 22.9 Å². The zero-order valence-electron chi connectivity index (χ0n) is 15.1. The van der Waals surface area contributed by atoms with Gasteiger partial charge in [0.1, 0.15) is 5.75 Å². The van der Waals surface area contributed by atoms with Crippen molar-refractivity contribution in [2.24, 2.45) is 0 Å². The maximum Gasteiger partial charge on any atom is 0.255 e. The first kappa shape index (κ1) is 17.3. The molecule has 25 heavy (non-hydrogen) atoms. The summed E-state index contributed by atoms with van der Waals surface area (Å²) in [6, 6.07) is 12.0. The predicted molar refractivity (Wildman–Crippen MR) is 99.3 cm³/mol. The van der Waals surface area contributed by atoms with Crippen LogP contribution in [0.2, 0.25) is 0 Å². The summed E-state index contributed by atoms with van der Waals surface area (Å²) in [6.07, 6.45) is 2.59. The minimum absolute atomic E-state index is 0.0573. The zero-order valence-corrected chi connectivity index (χ0v) is 15.1. The second-order valence-corrected chi connectivity index (χ2v) is 6.48. The van der Waals surface area contributed by atoms with Crippen LogP contribution in [-0.2, 0) is 0 Å². The van der Waals surface area contributed by atoms with Crippen molar-refractivity contribution in [3.8, 4) is 5.75 Å². The highest BCUT2D eigenvalue weighted by atomic mass is 16.5. The summed E-state index contributed by atoms with van der Waals surface area (Å²) < 4.78 is 5.49. The molecule has 1 fully saturated rings. The van der Waals surface area contributed by atoms with Crippen LogP contribution in [0.4, 0.5) is 5.69 Å². The number of hydrogen-bond donors (Lipinski definition) is 0. The average Bonchev–Trinajstić information content (AvgIpc) is 2.83. The summed E-state index contributed by atoms with van der Waals surface area (Å²) in [6.45, 7) is 6.41. The number of para-hydroxylation sites is 2. The van der Waals surface area contributed by atoms with Crippen LogP contribution in [0, 0.1) is 6.92 Å². The molecule has 1 amide bonds. The Morgan fingerprint density at radius 3 is 2.68 bits per heavy atom. The first-order valence-corrected chi connectivity index (χ1v) is 8.71. The van der Waals surface area contributed by atoms with Crippen LogP contribution in [0.3, 0.4) is 0 Å². The molecule has 132 valence electrons. The van der Waals surface area contributed by atoms with Crippen molar-refractivity contribution in [3.05, 3.63) is 53.9 Å². The van der Waals surface area contributed by atoms with Crippen LogP contribution in [-0.4, -0.2) is 48.6 Å². The molecule has 0 radical (unpaired) electrons. The molecule has 0 saturated carbocycles. The summed E-state index contributed by atoms with van der Waals surface area (Å²) in [5.41, 5.74) is 2.66. The van der Waals surface area contributed by atoms with Gasteiger partial charge in [-0.3, -0.25) is 9.78 Å². The first-order chi connectivity index (χ1) is 12.1.